The van der Waals surface area contributed by atoms with Gasteiger partial charge in [-0.15, -0.1) is 0 Å². The number of hydrogen-bond acceptors (Lipinski definition) is 2. The lowest BCUT2D eigenvalue weighted by Crippen LogP contribution is -2.49. The van der Waals surface area contributed by atoms with Crippen molar-refractivity contribution in [3.05, 3.63) is 62.6 Å². The van der Waals surface area contributed by atoms with Gasteiger partial charge in [-0.1, -0.05) is 46.9 Å². The molecule has 0 amide bonds. The van der Waals surface area contributed by atoms with Gasteiger partial charge in [0.2, 0.25) is 0 Å². The van der Waals surface area contributed by atoms with Crippen molar-refractivity contribution in [3.8, 4) is 0 Å². The van der Waals surface area contributed by atoms with Crippen molar-refractivity contribution >= 4 is 57.8 Å². The molecule has 3 nitrogen and oxygen atoms in total. The summed E-state index contributed by atoms with van der Waals surface area (Å²) < 4.78 is 0. The Morgan fingerprint density at radius 1 is 1.00 bits per heavy atom. The second-order valence-electron chi connectivity index (χ2n) is 6.36. The molecule has 0 unspecified atom stereocenters. The highest BCUT2D eigenvalue weighted by Gasteiger charge is 2.20. The van der Waals surface area contributed by atoms with Gasteiger partial charge in [-0.3, -0.25) is 4.90 Å². The standard InChI is InChI=1S/C19H20Cl3N3S/c1-13-5-6-14(11-18(13)22)23-19(26)25-9-7-24(8-10-25)12-15-16(20)3-2-4-17(15)21/h2-6,11H,7-10,12H2,1H3,(H,23,26). The summed E-state index contributed by atoms with van der Waals surface area (Å²) in [5.41, 5.74) is 2.95. The molecule has 2 aromatic rings. The molecule has 0 atom stereocenters. The highest BCUT2D eigenvalue weighted by molar-refractivity contribution is 7.80. The molecule has 7 heteroatoms. The molecule has 0 radical (unpaired) electrons. The van der Waals surface area contributed by atoms with Crippen molar-refractivity contribution in [1.29, 1.82) is 0 Å². The van der Waals surface area contributed by atoms with Crippen molar-refractivity contribution < 1.29 is 0 Å². The number of nitrogens with zero attached hydrogens (tertiary/aromatic N) is 2. The molecule has 2 aromatic carbocycles. The van der Waals surface area contributed by atoms with Crippen molar-refractivity contribution in [3.63, 3.8) is 0 Å². The summed E-state index contributed by atoms with van der Waals surface area (Å²) >= 11 is 24.3. The Bertz CT molecular complexity index is 784. The number of rotatable bonds is 3. The first-order valence-electron chi connectivity index (χ1n) is 8.41. The summed E-state index contributed by atoms with van der Waals surface area (Å²) in [6, 6.07) is 11.5. The summed E-state index contributed by atoms with van der Waals surface area (Å²) in [4.78, 5) is 4.52. The van der Waals surface area contributed by atoms with E-state index in [1.54, 1.807) is 0 Å². The Hall–Kier alpha value is -1.04. The number of thiocarbonyl (C=S) groups is 1. The van der Waals surface area contributed by atoms with Crippen LogP contribution in [0, 0.1) is 6.92 Å². The summed E-state index contributed by atoms with van der Waals surface area (Å²) in [5.74, 6) is 0. The van der Waals surface area contributed by atoms with Crippen LogP contribution in [0.5, 0.6) is 0 Å². The lowest BCUT2D eigenvalue weighted by atomic mass is 10.2. The molecule has 0 aromatic heterocycles. The smallest absolute Gasteiger partial charge is 0.173 e. The second-order valence-corrected chi connectivity index (χ2v) is 7.97. The molecule has 138 valence electrons. The highest BCUT2D eigenvalue weighted by atomic mass is 35.5. The van der Waals surface area contributed by atoms with Gasteiger partial charge in [-0.05, 0) is 49.0 Å². The van der Waals surface area contributed by atoms with Crippen LogP contribution >= 0.6 is 47.0 Å². The van der Waals surface area contributed by atoms with Crippen molar-refractivity contribution in [2.75, 3.05) is 31.5 Å². The maximum atomic E-state index is 6.28. The zero-order valence-corrected chi connectivity index (χ0v) is 17.5. The van der Waals surface area contributed by atoms with Crippen LogP contribution in [-0.4, -0.2) is 41.1 Å². The maximum absolute atomic E-state index is 6.28. The zero-order valence-electron chi connectivity index (χ0n) is 14.4. The van der Waals surface area contributed by atoms with E-state index in [4.69, 9.17) is 47.0 Å². The average Bonchev–Trinajstić information content (AvgIpc) is 2.62. The van der Waals surface area contributed by atoms with Gasteiger partial charge in [-0.2, -0.15) is 0 Å². The number of piperazine rings is 1. The van der Waals surface area contributed by atoms with Gasteiger partial charge >= 0.3 is 0 Å². The lowest BCUT2D eigenvalue weighted by molar-refractivity contribution is 0.177. The van der Waals surface area contributed by atoms with E-state index in [0.717, 1.165) is 59.7 Å². The number of halogens is 3. The SMILES string of the molecule is Cc1ccc(NC(=S)N2CCN(Cc3c(Cl)cccc3Cl)CC2)cc1Cl. The highest BCUT2D eigenvalue weighted by Crippen LogP contribution is 2.26. The van der Waals surface area contributed by atoms with Crippen LogP contribution in [0.1, 0.15) is 11.1 Å². The fourth-order valence-corrected chi connectivity index (χ4v) is 3.89. The molecule has 26 heavy (non-hydrogen) atoms. The maximum Gasteiger partial charge on any atom is 0.173 e. The van der Waals surface area contributed by atoms with E-state index in [9.17, 15) is 0 Å². The Morgan fingerprint density at radius 2 is 1.65 bits per heavy atom. The fraction of sp³-hybridized carbons (Fsp3) is 0.316. The van der Waals surface area contributed by atoms with Crippen LogP contribution in [0.15, 0.2) is 36.4 Å². The molecule has 1 aliphatic rings. The monoisotopic (exact) mass is 427 g/mol. The first-order valence-corrected chi connectivity index (χ1v) is 9.95. The Morgan fingerprint density at radius 3 is 2.27 bits per heavy atom. The minimum Gasteiger partial charge on any atom is -0.346 e. The molecule has 1 N–H and O–H groups in total. The number of hydrogen-bond donors (Lipinski definition) is 1. The zero-order chi connectivity index (χ0) is 18.7. The molecule has 3 rings (SSSR count). The first kappa shape index (κ1) is 19.7. The summed E-state index contributed by atoms with van der Waals surface area (Å²) in [7, 11) is 0. The Balaban J connectivity index is 1.54. The van der Waals surface area contributed by atoms with E-state index in [0.29, 0.717) is 10.0 Å². The third-order valence-electron chi connectivity index (χ3n) is 4.53. The van der Waals surface area contributed by atoms with Crippen LogP contribution in [0.3, 0.4) is 0 Å². The summed E-state index contributed by atoms with van der Waals surface area (Å²) in [6.45, 7) is 6.24. The fourth-order valence-electron chi connectivity index (χ4n) is 2.89. The van der Waals surface area contributed by atoms with Crippen LogP contribution in [0.25, 0.3) is 0 Å². The van der Waals surface area contributed by atoms with E-state index in [1.165, 1.54) is 0 Å². The average molecular weight is 429 g/mol. The normalized spacial score (nSPS) is 15.2. The molecule has 1 saturated heterocycles. The van der Waals surface area contributed by atoms with Gasteiger partial charge in [0.25, 0.3) is 0 Å². The predicted octanol–water partition coefficient (Wildman–Crippen LogP) is 5.47. The first-order chi connectivity index (χ1) is 12.4. The minimum absolute atomic E-state index is 0.716. The molecular weight excluding hydrogens is 409 g/mol. The second kappa shape index (κ2) is 8.77. The van der Waals surface area contributed by atoms with E-state index in [2.05, 4.69) is 15.1 Å². The number of anilines is 1. The minimum atomic E-state index is 0.716. The number of benzene rings is 2. The van der Waals surface area contributed by atoms with Crippen LogP contribution in [0.4, 0.5) is 5.69 Å². The Labute approximate surface area is 174 Å². The number of aryl methyl sites for hydroxylation is 1. The molecule has 1 fully saturated rings. The van der Waals surface area contributed by atoms with E-state index in [1.807, 2.05) is 43.3 Å². The van der Waals surface area contributed by atoms with E-state index in [-0.39, 0.29) is 0 Å². The lowest BCUT2D eigenvalue weighted by Gasteiger charge is -2.36. The Kier molecular flexibility index (Phi) is 6.65. The third kappa shape index (κ3) is 4.81. The van der Waals surface area contributed by atoms with Crippen molar-refractivity contribution in [1.82, 2.24) is 9.80 Å². The molecule has 0 bridgehead atoms. The van der Waals surface area contributed by atoms with Crippen LogP contribution in [-0.2, 0) is 6.54 Å². The van der Waals surface area contributed by atoms with Gasteiger partial charge in [0.1, 0.15) is 0 Å². The quantitative estimate of drug-likeness (QED) is 0.653. The van der Waals surface area contributed by atoms with Gasteiger partial charge in [0.15, 0.2) is 5.11 Å². The third-order valence-corrected chi connectivity index (χ3v) is 6.00. The van der Waals surface area contributed by atoms with Gasteiger partial charge in [0.05, 0.1) is 0 Å². The van der Waals surface area contributed by atoms with Crippen LogP contribution in [0.2, 0.25) is 15.1 Å². The topological polar surface area (TPSA) is 18.5 Å². The molecule has 0 aliphatic carbocycles. The summed E-state index contributed by atoms with van der Waals surface area (Å²) in [5, 5.41) is 6.16. The van der Waals surface area contributed by atoms with Crippen LogP contribution < -0.4 is 5.32 Å². The molecular formula is C19H20Cl3N3S. The molecule has 0 spiro atoms. The molecule has 0 saturated carbocycles. The van der Waals surface area contributed by atoms with Crippen molar-refractivity contribution in [2.45, 2.75) is 13.5 Å². The molecule has 1 heterocycles. The van der Waals surface area contributed by atoms with Crippen molar-refractivity contribution in [2.24, 2.45) is 0 Å². The van der Waals surface area contributed by atoms with Gasteiger partial charge < -0.3 is 10.2 Å². The predicted molar refractivity (Wildman–Crippen MR) is 116 cm³/mol. The molecule has 1 aliphatic heterocycles. The van der Waals surface area contributed by atoms with E-state index < -0.39 is 0 Å². The van der Waals surface area contributed by atoms with E-state index >= 15 is 0 Å². The largest absolute Gasteiger partial charge is 0.346 e. The number of nitrogens with one attached hydrogen (secondary N) is 1. The summed E-state index contributed by atoms with van der Waals surface area (Å²) in [6.07, 6.45) is 0. The van der Waals surface area contributed by atoms with Gasteiger partial charge in [-0.25, -0.2) is 0 Å². The van der Waals surface area contributed by atoms with Gasteiger partial charge in [0, 0.05) is 59.0 Å².